The zero-order chi connectivity index (χ0) is 19.2. The van der Waals surface area contributed by atoms with Crippen LogP contribution in [0.15, 0.2) is 30.3 Å². The molecule has 0 bridgehead atoms. The van der Waals surface area contributed by atoms with Crippen molar-refractivity contribution in [2.75, 3.05) is 13.7 Å². The Labute approximate surface area is 163 Å². The van der Waals surface area contributed by atoms with Gasteiger partial charge >= 0.3 is 5.97 Å². The lowest BCUT2D eigenvalue weighted by molar-refractivity contribution is -0.129. The summed E-state index contributed by atoms with van der Waals surface area (Å²) in [7, 11) is 1.63. The Hall–Kier alpha value is -2.34. The van der Waals surface area contributed by atoms with Gasteiger partial charge in [-0.05, 0) is 68.4 Å². The lowest BCUT2D eigenvalue weighted by atomic mass is 9.99. The SMILES string of the molecule is COc1ccc(CCNC(=O)[C@@H](C)OC(=O)c2cc3c(s2)CCCC3)cc1. The number of carbonyl (C=O) groups is 2. The molecule has 27 heavy (non-hydrogen) atoms. The fraction of sp³-hybridized carbons (Fsp3) is 0.429. The molecule has 1 atom stereocenters. The molecule has 3 rings (SSSR count). The molecule has 0 spiro atoms. The van der Waals surface area contributed by atoms with E-state index in [-0.39, 0.29) is 5.91 Å². The van der Waals surface area contributed by atoms with E-state index in [0.717, 1.165) is 24.2 Å². The lowest BCUT2D eigenvalue weighted by Gasteiger charge is -2.13. The Morgan fingerprint density at radius 2 is 1.93 bits per heavy atom. The summed E-state index contributed by atoms with van der Waals surface area (Å²) < 4.78 is 10.5. The molecule has 1 aliphatic carbocycles. The molecule has 5 nitrogen and oxygen atoms in total. The fourth-order valence-electron chi connectivity index (χ4n) is 3.13. The van der Waals surface area contributed by atoms with Crippen molar-refractivity contribution in [2.45, 2.75) is 45.1 Å². The van der Waals surface area contributed by atoms with E-state index in [2.05, 4.69) is 5.32 Å². The largest absolute Gasteiger partial charge is 0.497 e. The van der Waals surface area contributed by atoms with Crippen LogP contribution in [0, 0.1) is 0 Å². The zero-order valence-electron chi connectivity index (χ0n) is 15.7. The highest BCUT2D eigenvalue weighted by Gasteiger charge is 2.22. The maximum Gasteiger partial charge on any atom is 0.349 e. The van der Waals surface area contributed by atoms with Crippen molar-refractivity contribution >= 4 is 23.2 Å². The van der Waals surface area contributed by atoms with Gasteiger partial charge in [0.15, 0.2) is 6.10 Å². The number of amides is 1. The van der Waals surface area contributed by atoms with Crippen LogP contribution in [0.4, 0.5) is 0 Å². The molecular weight excluding hydrogens is 362 g/mol. The highest BCUT2D eigenvalue weighted by atomic mass is 32.1. The van der Waals surface area contributed by atoms with Gasteiger partial charge in [-0.2, -0.15) is 0 Å². The van der Waals surface area contributed by atoms with Crippen LogP contribution in [0.5, 0.6) is 5.75 Å². The van der Waals surface area contributed by atoms with Gasteiger partial charge in [-0.15, -0.1) is 11.3 Å². The molecule has 0 saturated heterocycles. The first kappa shape index (κ1) is 19.4. The molecule has 0 fully saturated rings. The van der Waals surface area contributed by atoms with Crippen LogP contribution in [-0.4, -0.2) is 31.6 Å². The number of fused-ring (bicyclic) bond motifs is 1. The molecule has 1 aromatic carbocycles. The average Bonchev–Trinajstić information content (AvgIpc) is 3.13. The van der Waals surface area contributed by atoms with Crippen LogP contribution >= 0.6 is 11.3 Å². The minimum Gasteiger partial charge on any atom is -0.497 e. The summed E-state index contributed by atoms with van der Waals surface area (Å²) in [5.41, 5.74) is 2.36. The van der Waals surface area contributed by atoms with E-state index in [0.29, 0.717) is 17.8 Å². The van der Waals surface area contributed by atoms with Crippen LogP contribution < -0.4 is 10.1 Å². The van der Waals surface area contributed by atoms with Crippen LogP contribution in [0.25, 0.3) is 0 Å². The third-order valence-electron chi connectivity index (χ3n) is 4.72. The van der Waals surface area contributed by atoms with E-state index in [9.17, 15) is 9.59 Å². The molecule has 0 radical (unpaired) electrons. The molecular formula is C21H25NO4S. The summed E-state index contributed by atoms with van der Waals surface area (Å²) in [6.45, 7) is 2.09. The first-order valence-corrected chi connectivity index (χ1v) is 10.1. The van der Waals surface area contributed by atoms with Gasteiger partial charge in [0.2, 0.25) is 0 Å². The number of benzene rings is 1. The second kappa shape index (κ2) is 9.04. The topological polar surface area (TPSA) is 64.6 Å². The summed E-state index contributed by atoms with van der Waals surface area (Å²) in [5, 5.41) is 2.82. The quantitative estimate of drug-likeness (QED) is 0.738. The maximum absolute atomic E-state index is 12.3. The van der Waals surface area contributed by atoms with Gasteiger partial charge in [0.05, 0.1) is 7.11 Å². The first-order valence-electron chi connectivity index (χ1n) is 9.30. The monoisotopic (exact) mass is 387 g/mol. The minimum atomic E-state index is -0.813. The van der Waals surface area contributed by atoms with Gasteiger partial charge in [-0.25, -0.2) is 4.79 Å². The second-order valence-electron chi connectivity index (χ2n) is 6.70. The number of hydrogen-bond donors (Lipinski definition) is 1. The molecule has 0 aliphatic heterocycles. The fourth-order valence-corrected chi connectivity index (χ4v) is 4.27. The average molecular weight is 388 g/mol. The Balaban J connectivity index is 1.45. The Morgan fingerprint density at radius 3 is 2.63 bits per heavy atom. The number of hydrogen-bond acceptors (Lipinski definition) is 5. The number of nitrogens with one attached hydrogen (secondary N) is 1. The third-order valence-corrected chi connectivity index (χ3v) is 5.94. The number of ether oxygens (including phenoxy) is 2. The van der Waals surface area contributed by atoms with Crippen LogP contribution in [-0.2, 0) is 28.8 Å². The molecule has 144 valence electrons. The van der Waals surface area contributed by atoms with Crippen molar-refractivity contribution in [3.63, 3.8) is 0 Å². The van der Waals surface area contributed by atoms with Crippen molar-refractivity contribution in [1.29, 1.82) is 0 Å². The molecule has 0 unspecified atom stereocenters. The summed E-state index contributed by atoms with van der Waals surface area (Å²) in [5.74, 6) is 0.115. The summed E-state index contributed by atoms with van der Waals surface area (Å²) in [6.07, 6.45) is 4.30. The standard InChI is InChI=1S/C21H25NO4S/c1-14(20(23)22-12-11-15-7-9-17(25-2)10-8-15)26-21(24)19-13-16-5-3-4-6-18(16)27-19/h7-10,13-14H,3-6,11-12H2,1-2H3,(H,22,23)/t14-/m1/s1. The van der Waals surface area contributed by atoms with Crippen LogP contribution in [0.2, 0.25) is 0 Å². The van der Waals surface area contributed by atoms with Crippen molar-refractivity contribution in [3.8, 4) is 5.75 Å². The van der Waals surface area contributed by atoms with Crippen molar-refractivity contribution in [2.24, 2.45) is 0 Å². The van der Waals surface area contributed by atoms with E-state index < -0.39 is 12.1 Å². The van der Waals surface area contributed by atoms with Crippen molar-refractivity contribution < 1.29 is 19.1 Å². The predicted molar refractivity (Wildman–Crippen MR) is 106 cm³/mol. The molecule has 1 heterocycles. The molecule has 1 N–H and O–H groups in total. The molecule has 6 heteroatoms. The molecule has 2 aromatic rings. The first-order chi connectivity index (χ1) is 13.1. The second-order valence-corrected chi connectivity index (χ2v) is 7.84. The number of rotatable bonds is 7. The van der Waals surface area contributed by atoms with Crippen molar-refractivity contribution in [3.05, 3.63) is 51.2 Å². The van der Waals surface area contributed by atoms with Crippen molar-refractivity contribution in [1.82, 2.24) is 5.32 Å². The van der Waals surface area contributed by atoms with E-state index >= 15 is 0 Å². The minimum absolute atomic E-state index is 0.279. The number of aryl methyl sites for hydroxylation is 2. The molecule has 1 aliphatic rings. The van der Waals surface area contributed by atoms with E-state index in [1.165, 1.54) is 34.6 Å². The van der Waals surface area contributed by atoms with Crippen LogP contribution in [0.1, 0.15) is 45.4 Å². The Kier molecular flexibility index (Phi) is 6.50. The molecule has 1 aromatic heterocycles. The number of methoxy groups -OCH3 is 1. The van der Waals surface area contributed by atoms with E-state index in [1.54, 1.807) is 14.0 Å². The normalized spacial score (nSPS) is 14.1. The molecule has 1 amide bonds. The van der Waals surface area contributed by atoms with Gasteiger partial charge in [0.25, 0.3) is 5.91 Å². The zero-order valence-corrected chi connectivity index (χ0v) is 16.6. The van der Waals surface area contributed by atoms with E-state index in [1.807, 2.05) is 30.3 Å². The summed E-state index contributed by atoms with van der Waals surface area (Å²) >= 11 is 1.50. The van der Waals surface area contributed by atoms with Crippen LogP contribution in [0.3, 0.4) is 0 Å². The highest BCUT2D eigenvalue weighted by molar-refractivity contribution is 7.14. The molecule has 0 saturated carbocycles. The lowest BCUT2D eigenvalue weighted by Crippen LogP contribution is -2.36. The Morgan fingerprint density at radius 1 is 1.19 bits per heavy atom. The number of thiophene rings is 1. The maximum atomic E-state index is 12.3. The Bertz CT molecular complexity index is 774. The van der Waals surface area contributed by atoms with E-state index in [4.69, 9.17) is 9.47 Å². The van der Waals surface area contributed by atoms with Gasteiger partial charge in [-0.1, -0.05) is 12.1 Å². The van der Waals surface area contributed by atoms with Gasteiger partial charge < -0.3 is 14.8 Å². The third kappa shape index (κ3) is 5.10. The van der Waals surface area contributed by atoms with Gasteiger partial charge in [0.1, 0.15) is 10.6 Å². The predicted octanol–water partition coefficient (Wildman–Crippen LogP) is 3.54. The smallest absolute Gasteiger partial charge is 0.349 e. The van der Waals surface area contributed by atoms with Gasteiger partial charge in [0, 0.05) is 11.4 Å². The number of esters is 1. The summed E-state index contributed by atoms with van der Waals surface area (Å²) in [4.78, 5) is 26.4. The summed E-state index contributed by atoms with van der Waals surface area (Å²) in [6, 6.07) is 9.64. The highest BCUT2D eigenvalue weighted by Crippen LogP contribution is 2.30. The van der Waals surface area contributed by atoms with Gasteiger partial charge in [-0.3, -0.25) is 4.79 Å². The number of carbonyl (C=O) groups excluding carboxylic acids is 2.